The first-order valence-electron chi connectivity index (χ1n) is 5.32. The van der Waals surface area contributed by atoms with Crippen molar-refractivity contribution < 1.29 is 14.7 Å². The van der Waals surface area contributed by atoms with Crippen LogP contribution in [-0.2, 0) is 4.79 Å². The molecule has 6 heteroatoms. The van der Waals surface area contributed by atoms with Crippen LogP contribution >= 0.6 is 22.6 Å². The average Bonchev–Trinajstić information content (AvgIpc) is 2.31. The third-order valence-electron chi connectivity index (χ3n) is 2.59. The molecule has 0 aromatic heterocycles. The summed E-state index contributed by atoms with van der Waals surface area (Å²) >= 11 is 2.02. The number of amides is 1. The summed E-state index contributed by atoms with van der Waals surface area (Å²) in [5.74, 6) is -1.37. The van der Waals surface area contributed by atoms with Crippen LogP contribution in [0, 0.1) is 8.99 Å². The number of nitrogens with two attached hydrogens (primary N) is 1. The van der Waals surface area contributed by atoms with Crippen molar-refractivity contribution in [3.63, 3.8) is 0 Å². The zero-order valence-corrected chi connectivity index (χ0v) is 12.3. The highest BCUT2D eigenvalue weighted by Crippen LogP contribution is 2.22. The van der Waals surface area contributed by atoms with E-state index < -0.39 is 11.4 Å². The molecule has 98 valence electrons. The fourth-order valence-corrected chi connectivity index (χ4v) is 1.68. The SMILES string of the molecule is CC(C)(CN)C(=O)Nc1ccc(I)cc1C(=O)O. The molecule has 4 N–H and O–H groups in total. The van der Waals surface area contributed by atoms with Crippen molar-refractivity contribution in [1.82, 2.24) is 0 Å². The van der Waals surface area contributed by atoms with Crippen molar-refractivity contribution in [3.05, 3.63) is 27.3 Å². The second kappa shape index (κ2) is 5.66. The molecule has 18 heavy (non-hydrogen) atoms. The Kier molecular flexibility index (Phi) is 4.69. The highest BCUT2D eigenvalue weighted by molar-refractivity contribution is 14.1. The molecule has 0 fully saturated rings. The van der Waals surface area contributed by atoms with Gasteiger partial charge in [-0.2, -0.15) is 0 Å². The van der Waals surface area contributed by atoms with E-state index in [4.69, 9.17) is 10.8 Å². The fourth-order valence-electron chi connectivity index (χ4n) is 1.19. The van der Waals surface area contributed by atoms with Crippen molar-refractivity contribution >= 4 is 40.2 Å². The maximum atomic E-state index is 11.9. The van der Waals surface area contributed by atoms with E-state index in [2.05, 4.69) is 5.32 Å². The molecule has 0 atom stereocenters. The van der Waals surface area contributed by atoms with Crippen LogP contribution in [0.25, 0.3) is 0 Å². The van der Waals surface area contributed by atoms with Crippen LogP contribution in [0.2, 0.25) is 0 Å². The molecule has 1 aromatic rings. The van der Waals surface area contributed by atoms with Crippen LogP contribution in [0.15, 0.2) is 18.2 Å². The monoisotopic (exact) mass is 362 g/mol. The lowest BCUT2D eigenvalue weighted by molar-refractivity contribution is -0.123. The van der Waals surface area contributed by atoms with Gasteiger partial charge in [-0.15, -0.1) is 0 Å². The standard InChI is InChI=1S/C12H15IN2O3/c1-12(2,6-14)11(18)15-9-4-3-7(13)5-8(9)10(16)17/h3-5H,6,14H2,1-2H3,(H,15,18)(H,16,17). The average molecular weight is 362 g/mol. The smallest absolute Gasteiger partial charge is 0.337 e. The minimum absolute atomic E-state index is 0.0723. The van der Waals surface area contributed by atoms with Gasteiger partial charge in [0, 0.05) is 10.1 Å². The minimum Gasteiger partial charge on any atom is -0.478 e. The molecule has 0 aliphatic rings. The summed E-state index contributed by atoms with van der Waals surface area (Å²) in [6.45, 7) is 3.59. The lowest BCUT2D eigenvalue weighted by atomic mass is 9.92. The third kappa shape index (κ3) is 3.42. The maximum Gasteiger partial charge on any atom is 0.337 e. The van der Waals surface area contributed by atoms with E-state index in [1.165, 1.54) is 6.07 Å². The summed E-state index contributed by atoms with van der Waals surface area (Å²) in [6.07, 6.45) is 0. The molecule has 1 aromatic carbocycles. The van der Waals surface area contributed by atoms with Crippen molar-refractivity contribution in [2.45, 2.75) is 13.8 Å². The van der Waals surface area contributed by atoms with Crippen LogP contribution in [0.5, 0.6) is 0 Å². The van der Waals surface area contributed by atoms with E-state index in [1.807, 2.05) is 22.6 Å². The van der Waals surface area contributed by atoms with Gasteiger partial charge in [-0.1, -0.05) is 0 Å². The number of carbonyl (C=O) groups is 2. The zero-order chi connectivity index (χ0) is 13.9. The number of benzene rings is 1. The van der Waals surface area contributed by atoms with Gasteiger partial charge in [-0.05, 0) is 54.6 Å². The molecular weight excluding hydrogens is 347 g/mol. The first-order chi connectivity index (χ1) is 8.27. The molecule has 0 unspecified atom stereocenters. The topological polar surface area (TPSA) is 92.4 Å². The molecule has 1 amide bonds. The molecule has 0 saturated heterocycles. The molecule has 0 aliphatic heterocycles. The number of hydrogen-bond donors (Lipinski definition) is 3. The Hall–Kier alpha value is -1.15. The van der Waals surface area contributed by atoms with Crippen molar-refractivity contribution in [3.8, 4) is 0 Å². The Labute approximate surface area is 119 Å². The zero-order valence-electron chi connectivity index (χ0n) is 10.2. The highest BCUT2D eigenvalue weighted by Gasteiger charge is 2.26. The number of nitrogens with one attached hydrogen (secondary N) is 1. The second-order valence-electron chi connectivity index (χ2n) is 4.54. The van der Waals surface area contributed by atoms with Gasteiger partial charge < -0.3 is 16.2 Å². The molecule has 0 heterocycles. The van der Waals surface area contributed by atoms with E-state index >= 15 is 0 Å². The van der Waals surface area contributed by atoms with Crippen molar-refractivity contribution in [2.75, 3.05) is 11.9 Å². The van der Waals surface area contributed by atoms with Gasteiger partial charge in [-0.25, -0.2) is 4.79 Å². The van der Waals surface area contributed by atoms with Crippen LogP contribution in [-0.4, -0.2) is 23.5 Å². The van der Waals surface area contributed by atoms with Gasteiger partial charge in [0.25, 0.3) is 0 Å². The van der Waals surface area contributed by atoms with Gasteiger partial charge in [0.2, 0.25) is 5.91 Å². The molecule has 5 nitrogen and oxygen atoms in total. The lowest BCUT2D eigenvalue weighted by Gasteiger charge is -2.21. The predicted octanol–water partition coefficient (Wildman–Crippen LogP) is 1.91. The summed E-state index contributed by atoms with van der Waals surface area (Å²) in [7, 11) is 0. The number of carbonyl (C=O) groups excluding carboxylic acids is 1. The quantitative estimate of drug-likeness (QED) is 0.714. The van der Waals surface area contributed by atoms with Crippen LogP contribution < -0.4 is 11.1 Å². The van der Waals surface area contributed by atoms with Crippen molar-refractivity contribution in [1.29, 1.82) is 0 Å². The highest BCUT2D eigenvalue weighted by atomic mass is 127. The number of carboxylic acid groups (broad SMARTS) is 1. The number of carboxylic acids is 1. The van der Waals surface area contributed by atoms with Gasteiger partial charge in [0.1, 0.15) is 0 Å². The number of hydrogen-bond acceptors (Lipinski definition) is 3. The van der Waals surface area contributed by atoms with Gasteiger partial charge in [-0.3, -0.25) is 4.79 Å². The molecule has 0 spiro atoms. The van der Waals surface area contributed by atoms with E-state index in [1.54, 1.807) is 26.0 Å². The molecule has 0 saturated carbocycles. The van der Waals surface area contributed by atoms with Crippen molar-refractivity contribution in [2.24, 2.45) is 11.1 Å². The first-order valence-corrected chi connectivity index (χ1v) is 6.40. The lowest BCUT2D eigenvalue weighted by Crippen LogP contribution is -2.37. The van der Waals surface area contributed by atoms with E-state index in [0.717, 1.165) is 3.57 Å². The Bertz CT molecular complexity index is 486. The summed E-state index contributed by atoms with van der Waals surface area (Å²) in [5, 5.41) is 11.7. The Morgan fingerprint density at radius 1 is 1.44 bits per heavy atom. The van der Waals surface area contributed by atoms with Gasteiger partial charge in [0.05, 0.1) is 16.7 Å². The molecule has 1 rings (SSSR count). The van der Waals surface area contributed by atoms with Gasteiger partial charge in [0.15, 0.2) is 0 Å². The summed E-state index contributed by atoms with van der Waals surface area (Å²) in [5.41, 5.74) is 5.13. The molecule has 0 aliphatic carbocycles. The second-order valence-corrected chi connectivity index (χ2v) is 5.78. The van der Waals surface area contributed by atoms with E-state index in [0.29, 0.717) is 0 Å². The first kappa shape index (κ1) is 14.9. The van der Waals surface area contributed by atoms with E-state index in [-0.39, 0.29) is 23.7 Å². The Morgan fingerprint density at radius 2 is 2.06 bits per heavy atom. The summed E-state index contributed by atoms with van der Waals surface area (Å²) < 4.78 is 0.793. The summed E-state index contributed by atoms with van der Waals surface area (Å²) in [6, 6.07) is 4.82. The van der Waals surface area contributed by atoms with Gasteiger partial charge >= 0.3 is 5.97 Å². The Balaban J connectivity index is 3.05. The van der Waals surface area contributed by atoms with E-state index in [9.17, 15) is 9.59 Å². The predicted molar refractivity (Wildman–Crippen MR) is 77.6 cm³/mol. The number of anilines is 1. The third-order valence-corrected chi connectivity index (χ3v) is 3.26. The maximum absolute atomic E-state index is 11.9. The summed E-state index contributed by atoms with van der Waals surface area (Å²) in [4.78, 5) is 23.0. The molecule has 0 bridgehead atoms. The normalized spacial score (nSPS) is 11.1. The number of aromatic carboxylic acids is 1. The largest absolute Gasteiger partial charge is 0.478 e. The fraction of sp³-hybridized carbons (Fsp3) is 0.333. The minimum atomic E-state index is -1.07. The van der Waals surface area contributed by atoms with Crippen LogP contribution in [0.4, 0.5) is 5.69 Å². The molecule has 0 radical (unpaired) electrons. The molecular formula is C12H15IN2O3. The van der Waals surface area contributed by atoms with Crippen LogP contribution in [0.1, 0.15) is 24.2 Å². The number of halogens is 1. The van der Waals surface area contributed by atoms with Crippen LogP contribution in [0.3, 0.4) is 0 Å². The number of rotatable bonds is 4. The Morgan fingerprint density at radius 3 is 2.56 bits per heavy atom.